The van der Waals surface area contributed by atoms with E-state index < -0.39 is 38.0 Å². The first-order chi connectivity index (χ1) is 22.1. The van der Waals surface area contributed by atoms with Crippen molar-refractivity contribution in [3.05, 3.63) is 108 Å². The summed E-state index contributed by atoms with van der Waals surface area (Å²) in [5, 5.41) is 11.3. The van der Waals surface area contributed by atoms with Crippen LogP contribution in [0.25, 0.3) is 11.2 Å². The van der Waals surface area contributed by atoms with Gasteiger partial charge in [0.1, 0.15) is 47.3 Å². The topological polar surface area (TPSA) is 199 Å². The lowest BCUT2D eigenvalue weighted by Crippen LogP contribution is -2.41. The number of aliphatic hydroxyl groups excluding tert-OH is 1. The number of nitrogens with two attached hydrogens (primary N) is 1. The fraction of sp³-hybridized carbons (Fsp3) is 0.258. The number of aromatic nitrogens is 4. The molecule has 6 rings (SSSR count). The van der Waals surface area contributed by atoms with Crippen molar-refractivity contribution in [1.29, 1.82) is 0 Å². The Balaban J connectivity index is 1.44. The molecule has 0 radical (unpaired) electrons. The quantitative estimate of drug-likeness (QED) is 0.156. The number of phosphoric ester groups is 1. The Morgan fingerprint density at radius 1 is 0.913 bits per heavy atom. The van der Waals surface area contributed by atoms with Crippen LogP contribution in [-0.4, -0.2) is 63.8 Å². The van der Waals surface area contributed by atoms with Crippen molar-refractivity contribution >= 4 is 24.8 Å². The zero-order chi connectivity index (χ0) is 32.5. The second kappa shape index (κ2) is 12.8. The number of ether oxygens (including phenoxy) is 4. The van der Waals surface area contributed by atoms with Gasteiger partial charge in [-0.15, -0.1) is 0 Å². The zero-order valence-corrected chi connectivity index (χ0v) is 25.6. The lowest BCUT2D eigenvalue weighted by atomic mass is 9.80. The molecule has 14 nitrogen and oxygen atoms in total. The summed E-state index contributed by atoms with van der Waals surface area (Å²) in [6.07, 6.45) is -3.27. The Kier molecular flexibility index (Phi) is 8.77. The van der Waals surface area contributed by atoms with E-state index in [0.29, 0.717) is 22.6 Å². The maximum Gasteiger partial charge on any atom is 0.167 e. The molecule has 15 heteroatoms. The Hall–Kier alpha value is -4.40. The summed E-state index contributed by atoms with van der Waals surface area (Å²) in [5.41, 5.74) is 7.21. The minimum Gasteiger partial charge on any atom is -0.790 e. The van der Waals surface area contributed by atoms with E-state index in [1.165, 1.54) is 17.2 Å². The van der Waals surface area contributed by atoms with E-state index in [9.17, 15) is 19.5 Å². The minimum atomic E-state index is -5.60. The number of hydrogen-bond acceptors (Lipinski definition) is 13. The standard InChI is InChI=1S/C31H32N5O9P/c1-41-22-12-8-20(9-13-22)31(19-6-4-3-5-7-19,21-10-14-23(42-2)15-11-21)43-16-24-27(45-46(38,39)40)26(37)30(44-24)36-18-35-25-28(32)33-17-34-29(25)36/h3-15,17-18,24,26-27,30,37H,16H2,1-2H3,(H2,32,33,34)(H2,38,39,40)/p-2/t24-,26-,27-,30-/m1/s1. The molecule has 5 aromatic rings. The highest BCUT2D eigenvalue weighted by atomic mass is 31.2. The fourth-order valence-corrected chi connectivity index (χ4v) is 6.26. The molecule has 46 heavy (non-hydrogen) atoms. The van der Waals surface area contributed by atoms with Crippen molar-refractivity contribution in [1.82, 2.24) is 19.5 Å². The van der Waals surface area contributed by atoms with Crippen molar-refractivity contribution < 1.29 is 42.9 Å². The number of rotatable bonds is 11. The molecule has 0 amide bonds. The minimum absolute atomic E-state index is 0.0964. The maximum atomic E-state index is 11.9. The van der Waals surface area contributed by atoms with E-state index in [0.717, 1.165) is 5.56 Å². The first-order valence-corrected chi connectivity index (χ1v) is 15.6. The number of phosphoric acid groups is 1. The summed E-state index contributed by atoms with van der Waals surface area (Å²) in [6.45, 7) is -0.338. The summed E-state index contributed by atoms with van der Waals surface area (Å²) in [7, 11) is -2.47. The van der Waals surface area contributed by atoms with Crippen LogP contribution in [-0.2, 0) is 24.2 Å². The monoisotopic (exact) mass is 647 g/mol. The molecule has 2 aromatic heterocycles. The molecule has 0 unspecified atom stereocenters. The molecule has 3 heterocycles. The second-order valence-corrected chi connectivity index (χ2v) is 11.6. The predicted octanol–water partition coefficient (Wildman–Crippen LogP) is 1.91. The van der Waals surface area contributed by atoms with Gasteiger partial charge in [-0.05, 0) is 41.0 Å². The Morgan fingerprint density at radius 3 is 2.07 bits per heavy atom. The summed E-state index contributed by atoms with van der Waals surface area (Å²) >= 11 is 0. The van der Waals surface area contributed by atoms with Crippen molar-refractivity contribution in [3.63, 3.8) is 0 Å². The smallest absolute Gasteiger partial charge is 0.167 e. The van der Waals surface area contributed by atoms with Crippen molar-refractivity contribution in [3.8, 4) is 11.5 Å². The Morgan fingerprint density at radius 2 is 1.50 bits per heavy atom. The number of nitrogens with zero attached hydrogens (tertiary/aromatic N) is 4. The van der Waals surface area contributed by atoms with Crippen molar-refractivity contribution in [2.45, 2.75) is 30.1 Å². The maximum absolute atomic E-state index is 11.9. The average Bonchev–Trinajstić information content (AvgIpc) is 3.63. The molecule has 1 aliphatic rings. The van der Waals surface area contributed by atoms with Crippen LogP contribution in [0, 0.1) is 0 Å². The van der Waals surface area contributed by atoms with Gasteiger partial charge in [-0.3, -0.25) is 4.57 Å². The van der Waals surface area contributed by atoms with E-state index in [-0.39, 0.29) is 23.6 Å². The molecule has 1 aliphatic heterocycles. The number of imidazole rings is 1. The Labute approximate surface area is 263 Å². The number of anilines is 1. The highest BCUT2D eigenvalue weighted by molar-refractivity contribution is 7.43. The van der Waals surface area contributed by atoms with Crippen LogP contribution in [0.4, 0.5) is 5.82 Å². The van der Waals surface area contributed by atoms with Crippen LogP contribution in [0.3, 0.4) is 0 Å². The Bertz CT molecular complexity index is 1790. The van der Waals surface area contributed by atoms with Gasteiger partial charge in [0.25, 0.3) is 0 Å². The lowest BCUT2D eigenvalue weighted by Gasteiger charge is -2.38. The zero-order valence-electron chi connectivity index (χ0n) is 24.7. The third-order valence-corrected chi connectivity index (χ3v) is 8.36. The van der Waals surface area contributed by atoms with Crippen LogP contribution in [0.1, 0.15) is 22.9 Å². The number of aliphatic hydroxyl groups is 1. The highest BCUT2D eigenvalue weighted by Crippen LogP contribution is 2.44. The fourth-order valence-electron chi connectivity index (χ4n) is 5.70. The molecular formula is C31H30N5O9P-2. The van der Waals surface area contributed by atoms with E-state index in [2.05, 4.69) is 15.0 Å². The molecule has 0 aliphatic carbocycles. The molecule has 0 saturated carbocycles. The van der Waals surface area contributed by atoms with Gasteiger partial charge in [0.05, 0.1) is 35.0 Å². The molecule has 0 bridgehead atoms. The first kappa shape index (κ1) is 31.6. The van der Waals surface area contributed by atoms with Crippen LogP contribution in [0.5, 0.6) is 11.5 Å². The third-order valence-electron chi connectivity index (χ3n) is 7.86. The van der Waals surface area contributed by atoms with Crippen molar-refractivity contribution in [2.75, 3.05) is 26.6 Å². The first-order valence-electron chi connectivity index (χ1n) is 14.1. The van der Waals surface area contributed by atoms with Gasteiger partial charge in [-0.1, -0.05) is 54.6 Å². The molecular weight excluding hydrogens is 617 g/mol. The molecule has 3 aromatic carbocycles. The SMILES string of the molecule is COc1ccc(C(OC[C@H]2O[C@@H](n3cnc4c(N)ncnc43)[C@H](O)[C@@H]2OP(=O)([O-])[O-])(c2ccccc2)c2ccc(OC)cc2)cc1. The predicted molar refractivity (Wildman–Crippen MR) is 160 cm³/mol. The number of nitrogen functional groups attached to an aromatic ring is 1. The number of fused-ring (bicyclic) bond motifs is 1. The lowest BCUT2D eigenvalue weighted by molar-refractivity contribution is -0.347. The van der Waals surface area contributed by atoms with Crippen LogP contribution < -0.4 is 25.0 Å². The van der Waals surface area contributed by atoms with Gasteiger partial charge in [0.15, 0.2) is 17.7 Å². The molecule has 1 fully saturated rings. The molecule has 0 spiro atoms. The van der Waals surface area contributed by atoms with Gasteiger partial charge in [-0.25, -0.2) is 15.0 Å². The van der Waals surface area contributed by atoms with Gasteiger partial charge >= 0.3 is 0 Å². The highest BCUT2D eigenvalue weighted by Gasteiger charge is 2.48. The number of hydrogen-bond donors (Lipinski definition) is 2. The number of methoxy groups -OCH3 is 2. The van der Waals surface area contributed by atoms with Crippen LogP contribution >= 0.6 is 7.82 Å². The van der Waals surface area contributed by atoms with Crippen LogP contribution in [0.2, 0.25) is 0 Å². The van der Waals surface area contributed by atoms with E-state index in [1.54, 1.807) is 38.5 Å². The van der Waals surface area contributed by atoms with Gasteiger partial charge in [-0.2, -0.15) is 0 Å². The van der Waals surface area contributed by atoms with E-state index in [4.69, 9.17) is 29.2 Å². The summed E-state index contributed by atoms with van der Waals surface area (Å²) in [6, 6.07) is 23.9. The van der Waals surface area contributed by atoms with Gasteiger partial charge in [0.2, 0.25) is 0 Å². The third kappa shape index (κ3) is 5.95. The molecule has 240 valence electrons. The molecule has 4 atom stereocenters. The van der Waals surface area contributed by atoms with Gasteiger partial charge in [0, 0.05) is 0 Å². The van der Waals surface area contributed by atoms with Crippen molar-refractivity contribution in [2.24, 2.45) is 0 Å². The summed E-state index contributed by atoms with van der Waals surface area (Å²) in [4.78, 5) is 36.1. The van der Waals surface area contributed by atoms with Gasteiger partial charge < -0.3 is 48.7 Å². The second-order valence-electron chi connectivity index (χ2n) is 10.5. The number of benzene rings is 3. The molecule has 3 N–H and O–H groups in total. The normalized spacial score (nSPS) is 20.2. The summed E-state index contributed by atoms with van der Waals surface area (Å²) in [5.74, 6) is 1.34. The largest absolute Gasteiger partial charge is 0.790 e. The van der Waals surface area contributed by atoms with E-state index in [1.807, 2.05) is 54.6 Å². The average molecular weight is 648 g/mol. The van der Waals surface area contributed by atoms with Crippen LogP contribution in [0.15, 0.2) is 91.5 Å². The molecule has 1 saturated heterocycles. The summed E-state index contributed by atoms with van der Waals surface area (Å²) < 4.78 is 41.9. The van der Waals surface area contributed by atoms with E-state index >= 15 is 0 Å².